The van der Waals surface area contributed by atoms with Gasteiger partial charge in [-0.05, 0) is 69.0 Å². The summed E-state index contributed by atoms with van der Waals surface area (Å²) in [4.78, 5) is 37.5. The van der Waals surface area contributed by atoms with Crippen molar-refractivity contribution in [2.75, 3.05) is 20.1 Å². The zero-order valence-electron chi connectivity index (χ0n) is 20.3. The molecule has 0 saturated carbocycles. The minimum absolute atomic E-state index is 0.0190. The lowest BCUT2D eigenvalue weighted by Gasteiger charge is -2.23. The van der Waals surface area contributed by atoms with Crippen LogP contribution in [-0.2, 0) is 4.74 Å². The van der Waals surface area contributed by atoms with Crippen molar-refractivity contribution in [3.05, 3.63) is 59.8 Å². The summed E-state index contributed by atoms with van der Waals surface area (Å²) in [6.45, 7) is 5.88. The van der Waals surface area contributed by atoms with Crippen LogP contribution in [0.2, 0.25) is 0 Å². The van der Waals surface area contributed by atoms with Crippen LogP contribution in [0.3, 0.4) is 0 Å². The third kappa shape index (κ3) is 6.16. The van der Waals surface area contributed by atoms with Gasteiger partial charge >= 0.3 is 12.3 Å². The van der Waals surface area contributed by atoms with Gasteiger partial charge in [-0.25, -0.2) is 14.0 Å². The van der Waals surface area contributed by atoms with Crippen LogP contribution >= 0.6 is 0 Å². The Balaban J connectivity index is 0.000000454. The number of fused-ring (bicyclic) bond motifs is 1. The highest BCUT2D eigenvalue weighted by molar-refractivity contribution is 5.99. The highest BCUT2D eigenvalue weighted by atomic mass is 19.1. The summed E-state index contributed by atoms with van der Waals surface area (Å²) in [5.41, 5.74) is 3.21. The number of carbonyl (C=O) groups is 3. The molecule has 1 amide bonds. The van der Waals surface area contributed by atoms with E-state index in [-0.39, 0.29) is 11.9 Å². The number of benzene rings is 1. The third-order valence-electron chi connectivity index (χ3n) is 6.09. The van der Waals surface area contributed by atoms with Crippen LogP contribution in [0, 0.1) is 5.82 Å². The Labute approximate surface area is 207 Å². The fourth-order valence-corrected chi connectivity index (χ4v) is 4.13. The van der Waals surface area contributed by atoms with Gasteiger partial charge in [0.25, 0.3) is 5.91 Å². The number of ether oxygens (including phenoxy) is 1. The van der Waals surface area contributed by atoms with Crippen molar-refractivity contribution in [2.45, 2.75) is 38.6 Å². The van der Waals surface area contributed by atoms with E-state index in [9.17, 15) is 18.8 Å². The molecule has 4 rings (SSSR count). The van der Waals surface area contributed by atoms with E-state index in [1.165, 1.54) is 17.7 Å². The summed E-state index contributed by atoms with van der Waals surface area (Å²) in [5.74, 6) is -0.200. The fraction of sp³-hybridized carbons (Fsp3) is 0.360. The SMILES string of the molecule is CC(C)N(C)C(=O)c1cc(F)ccc1-n1cc(C2CCCNC2)c2ccncc21.O=C(O)OC(=O)O. The highest BCUT2D eigenvalue weighted by Crippen LogP contribution is 2.34. The number of aromatic nitrogens is 2. The molecule has 1 fully saturated rings. The van der Waals surface area contributed by atoms with Crippen LogP contribution < -0.4 is 5.32 Å². The number of nitrogens with zero attached hydrogens (tertiary/aromatic N) is 3. The van der Waals surface area contributed by atoms with Gasteiger partial charge in [-0.15, -0.1) is 0 Å². The Morgan fingerprint density at radius 2 is 1.94 bits per heavy atom. The standard InChI is InChI=1S/C23H27FN4O.C2H2O5/c1-15(2)27(3)23(29)19-11-17(24)6-7-21(19)28-14-20(16-5-4-9-25-12-16)18-8-10-26-13-22(18)28;3-1(4)7-2(5)6/h6-8,10-11,13-16,25H,4-5,9,12H2,1-3H3;(H,3,4)(H,5,6). The van der Waals surface area contributed by atoms with Gasteiger partial charge in [-0.1, -0.05) is 0 Å². The molecule has 1 saturated heterocycles. The van der Waals surface area contributed by atoms with Gasteiger partial charge in [0.2, 0.25) is 0 Å². The van der Waals surface area contributed by atoms with Gasteiger partial charge in [-0.3, -0.25) is 9.78 Å². The number of halogens is 1. The number of rotatable bonds is 4. The molecule has 3 heterocycles. The largest absolute Gasteiger partial charge is 0.516 e. The van der Waals surface area contributed by atoms with E-state index in [1.54, 1.807) is 24.2 Å². The van der Waals surface area contributed by atoms with Crippen LogP contribution in [-0.4, -0.2) is 69.1 Å². The Hall–Kier alpha value is -3.99. The first-order valence-corrected chi connectivity index (χ1v) is 11.5. The Bertz CT molecular complexity index is 1240. The van der Waals surface area contributed by atoms with Crippen molar-refractivity contribution < 1.29 is 33.7 Å². The molecular weight excluding hydrogens is 471 g/mol. The van der Waals surface area contributed by atoms with Crippen molar-refractivity contribution in [2.24, 2.45) is 0 Å². The van der Waals surface area contributed by atoms with E-state index >= 15 is 0 Å². The Morgan fingerprint density at radius 3 is 2.53 bits per heavy atom. The maximum Gasteiger partial charge on any atom is 0.516 e. The molecule has 1 atom stereocenters. The average Bonchev–Trinajstić information content (AvgIpc) is 3.22. The summed E-state index contributed by atoms with van der Waals surface area (Å²) in [5, 5.41) is 19.6. The van der Waals surface area contributed by atoms with Gasteiger partial charge in [-0.2, -0.15) is 0 Å². The third-order valence-corrected chi connectivity index (χ3v) is 6.09. The van der Waals surface area contributed by atoms with Crippen LogP contribution in [0.4, 0.5) is 14.0 Å². The Morgan fingerprint density at radius 1 is 1.22 bits per heavy atom. The minimum Gasteiger partial charge on any atom is -0.449 e. The molecule has 1 aromatic carbocycles. The fourth-order valence-electron chi connectivity index (χ4n) is 4.13. The molecule has 11 heteroatoms. The first-order valence-electron chi connectivity index (χ1n) is 11.5. The molecule has 1 aliphatic rings. The zero-order chi connectivity index (χ0) is 26.4. The molecule has 2 aromatic heterocycles. The maximum absolute atomic E-state index is 14.1. The molecule has 3 N–H and O–H groups in total. The lowest BCUT2D eigenvalue weighted by molar-refractivity contribution is 0.0750. The smallest absolute Gasteiger partial charge is 0.449 e. The van der Waals surface area contributed by atoms with Crippen LogP contribution in [0.25, 0.3) is 16.6 Å². The first-order chi connectivity index (χ1) is 17.1. The number of nitrogens with one attached hydrogen (secondary N) is 1. The quantitative estimate of drug-likeness (QED) is 0.353. The van der Waals surface area contributed by atoms with Crippen molar-refractivity contribution in [3.63, 3.8) is 0 Å². The number of carboxylic acid groups (broad SMARTS) is 2. The number of amides is 1. The molecule has 0 spiro atoms. The van der Waals surface area contributed by atoms with E-state index in [0.29, 0.717) is 17.2 Å². The van der Waals surface area contributed by atoms with Crippen molar-refractivity contribution in [1.82, 2.24) is 19.8 Å². The second kappa shape index (κ2) is 11.6. The molecule has 0 aliphatic carbocycles. The number of hydrogen-bond donors (Lipinski definition) is 3. The number of carbonyl (C=O) groups excluding carboxylic acids is 1. The van der Waals surface area contributed by atoms with E-state index < -0.39 is 18.1 Å². The summed E-state index contributed by atoms with van der Waals surface area (Å²) >= 11 is 0. The Kier molecular flexibility index (Phi) is 8.59. The second-order valence-corrected chi connectivity index (χ2v) is 8.70. The van der Waals surface area contributed by atoms with Crippen LogP contribution in [0.5, 0.6) is 0 Å². The molecule has 36 heavy (non-hydrogen) atoms. The molecule has 0 bridgehead atoms. The molecule has 1 aliphatic heterocycles. The molecular formula is C25H29FN4O6. The predicted octanol–water partition coefficient (Wildman–Crippen LogP) is 4.47. The lowest BCUT2D eigenvalue weighted by Crippen LogP contribution is -2.33. The van der Waals surface area contributed by atoms with E-state index in [2.05, 4.69) is 21.2 Å². The topological polar surface area (TPSA) is 134 Å². The molecule has 3 aromatic rings. The van der Waals surface area contributed by atoms with E-state index in [1.807, 2.05) is 30.7 Å². The minimum atomic E-state index is -1.81. The number of hydrogen-bond acceptors (Lipinski definition) is 6. The van der Waals surface area contributed by atoms with Crippen LogP contribution in [0.15, 0.2) is 42.9 Å². The molecule has 192 valence electrons. The van der Waals surface area contributed by atoms with Gasteiger partial charge in [0.05, 0.1) is 23.0 Å². The normalized spacial score (nSPS) is 15.2. The molecule has 1 unspecified atom stereocenters. The molecule has 10 nitrogen and oxygen atoms in total. The average molecular weight is 501 g/mol. The predicted molar refractivity (Wildman–Crippen MR) is 130 cm³/mol. The first kappa shape index (κ1) is 26.6. The van der Waals surface area contributed by atoms with E-state index in [4.69, 9.17) is 10.2 Å². The van der Waals surface area contributed by atoms with Crippen LogP contribution in [0.1, 0.15) is 48.5 Å². The number of pyridine rings is 1. The van der Waals surface area contributed by atoms with Crippen molar-refractivity contribution in [1.29, 1.82) is 0 Å². The number of piperidine rings is 1. The second-order valence-electron chi connectivity index (χ2n) is 8.70. The summed E-state index contributed by atoms with van der Waals surface area (Å²) in [6, 6.07) is 6.48. The summed E-state index contributed by atoms with van der Waals surface area (Å²) in [6.07, 6.45) is 4.36. The van der Waals surface area contributed by atoms with Gasteiger partial charge < -0.3 is 29.7 Å². The van der Waals surface area contributed by atoms with Crippen molar-refractivity contribution in [3.8, 4) is 5.69 Å². The van der Waals surface area contributed by atoms with Gasteiger partial charge in [0.1, 0.15) is 5.82 Å². The highest BCUT2D eigenvalue weighted by Gasteiger charge is 2.24. The summed E-state index contributed by atoms with van der Waals surface area (Å²) in [7, 11) is 1.75. The maximum atomic E-state index is 14.1. The monoisotopic (exact) mass is 500 g/mol. The van der Waals surface area contributed by atoms with Crippen molar-refractivity contribution >= 4 is 29.1 Å². The lowest BCUT2D eigenvalue weighted by atomic mass is 9.92. The van der Waals surface area contributed by atoms with Gasteiger partial charge in [0, 0.05) is 37.4 Å². The molecule has 0 radical (unpaired) electrons. The zero-order valence-corrected chi connectivity index (χ0v) is 20.3. The van der Waals surface area contributed by atoms with Gasteiger partial charge in [0.15, 0.2) is 0 Å². The van der Waals surface area contributed by atoms with E-state index in [0.717, 1.165) is 36.8 Å². The summed E-state index contributed by atoms with van der Waals surface area (Å²) < 4.78 is 19.2.